The van der Waals surface area contributed by atoms with Gasteiger partial charge in [0.15, 0.2) is 6.04 Å². The summed E-state index contributed by atoms with van der Waals surface area (Å²) in [6.07, 6.45) is 1.67. The van der Waals surface area contributed by atoms with Gasteiger partial charge in [0.2, 0.25) is 5.91 Å². The van der Waals surface area contributed by atoms with E-state index in [1.165, 1.54) is 6.92 Å². The van der Waals surface area contributed by atoms with E-state index in [4.69, 9.17) is 10.6 Å². The molecule has 0 aliphatic rings. The average Bonchev–Trinajstić information content (AvgIpc) is 2.46. The van der Waals surface area contributed by atoms with Crippen molar-refractivity contribution in [2.45, 2.75) is 38.8 Å². The van der Waals surface area contributed by atoms with Crippen LogP contribution in [0.2, 0.25) is 0 Å². The van der Waals surface area contributed by atoms with E-state index >= 15 is 0 Å². The number of nitrogens with two attached hydrogens (primary N) is 1. The second-order valence-electron chi connectivity index (χ2n) is 4.74. The van der Waals surface area contributed by atoms with E-state index in [-0.39, 0.29) is 6.61 Å². The third-order valence-corrected chi connectivity index (χ3v) is 3.02. The fourth-order valence-corrected chi connectivity index (χ4v) is 1.94. The number of unbranched alkanes of at least 4 members (excludes halogenated alkanes) is 1. The molecule has 0 heterocycles. The van der Waals surface area contributed by atoms with Crippen molar-refractivity contribution in [2.24, 2.45) is 5.73 Å². The largest absolute Gasteiger partial charge is 0.480 e. The molecule has 0 fully saturated rings. The summed E-state index contributed by atoms with van der Waals surface area (Å²) in [7, 11) is 0. The lowest BCUT2D eigenvalue weighted by Gasteiger charge is -2.26. The molecule has 6 nitrogen and oxygen atoms in total. The molecule has 6 heteroatoms. The van der Waals surface area contributed by atoms with Crippen molar-refractivity contribution in [1.82, 2.24) is 5.06 Å². The molecule has 0 unspecified atom stereocenters. The highest BCUT2D eigenvalue weighted by Gasteiger charge is 2.28. The standard InChI is InChI=1S/C15H22N2O4/c1-12(18)17(14(15(19)20)9-5-6-10-16)21-11-13-7-3-2-4-8-13/h2-4,7-8,14H,5-6,9-11,16H2,1H3,(H,19,20)/t14-/m0/s1. The Hall–Kier alpha value is -1.92. The number of benzene rings is 1. The van der Waals surface area contributed by atoms with Crippen LogP contribution in [0.4, 0.5) is 0 Å². The molecule has 0 saturated heterocycles. The second kappa shape index (κ2) is 9.10. The Kier molecular flexibility index (Phi) is 7.42. The van der Waals surface area contributed by atoms with E-state index in [1.54, 1.807) is 0 Å². The maximum atomic E-state index is 11.7. The van der Waals surface area contributed by atoms with Gasteiger partial charge in [-0.05, 0) is 31.4 Å². The normalized spacial score (nSPS) is 11.9. The lowest BCUT2D eigenvalue weighted by atomic mass is 10.1. The Labute approximate surface area is 124 Å². The van der Waals surface area contributed by atoms with Gasteiger partial charge in [-0.25, -0.2) is 9.86 Å². The number of hydrogen-bond donors (Lipinski definition) is 2. The smallest absolute Gasteiger partial charge is 0.329 e. The third kappa shape index (κ3) is 5.93. The van der Waals surface area contributed by atoms with Crippen LogP contribution in [-0.4, -0.2) is 34.6 Å². The number of carbonyl (C=O) groups is 2. The van der Waals surface area contributed by atoms with Crippen molar-refractivity contribution in [3.8, 4) is 0 Å². The van der Waals surface area contributed by atoms with Crippen LogP contribution in [0.3, 0.4) is 0 Å². The predicted molar refractivity (Wildman–Crippen MR) is 78.1 cm³/mol. The summed E-state index contributed by atoms with van der Waals surface area (Å²) in [5, 5.41) is 10.2. The molecule has 0 aromatic heterocycles. The molecule has 1 rings (SSSR count). The molecule has 1 atom stereocenters. The number of aliphatic carboxylic acids is 1. The minimum atomic E-state index is -1.07. The monoisotopic (exact) mass is 294 g/mol. The van der Waals surface area contributed by atoms with Crippen LogP contribution >= 0.6 is 0 Å². The molecule has 0 radical (unpaired) electrons. The molecule has 1 amide bonds. The van der Waals surface area contributed by atoms with Crippen molar-refractivity contribution < 1.29 is 19.5 Å². The zero-order valence-electron chi connectivity index (χ0n) is 12.2. The molecule has 0 bridgehead atoms. The van der Waals surface area contributed by atoms with Gasteiger partial charge in [-0.1, -0.05) is 30.3 Å². The second-order valence-corrected chi connectivity index (χ2v) is 4.74. The fraction of sp³-hybridized carbons (Fsp3) is 0.467. The van der Waals surface area contributed by atoms with Crippen molar-refractivity contribution in [1.29, 1.82) is 0 Å². The van der Waals surface area contributed by atoms with Crippen LogP contribution in [0, 0.1) is 0 Å². The quantitative estimate of drug-likeness (QED) is 0.532. The minimum Gasteiger partial charge on any atom is -0.480 e. The maximum Gasteiger partial charge on any atom is 0.329 e. The molecule has 21 heavy (non-hydrogen) atoms. The van der Waals surface area contributed by atoms with E-state index in [9.17, 15) is 14.7 Å². The number of carboxylic acid groups (broad SMARTS) is 1. The summed E-state index contributed by atoms with van der Waals surface area (Å²) >= 11 is 0. The molecular weight excluding hydrogens is 272 g/mol. The van der Waals surface area contributed by atoms with E-state index in [0.29, 0.717) is 25.8 Å². The SMILES string of the molecule is CC(=O)N(OCc1ccccc1)[C@@H](CCCCN)C(=O)O. The molecular formula is C15H22N2O4. The maximum absolute atomic E-state index is 11.7. The number of rotatable bonds is 9. The first kappa shape index (κ1) is 17.1. The van der Waals surface area contributed by atoms with Crippen LogP contribution in [0.25, 0.3) is 0 Å². The summed E-state index contributed by atoms with van der Waals surface area (Å²) in [6.45, 7) is 1.95. The van der Waals surface area contributed by atoms with Gasteiger partial charge in [0, 0.05) is 6.92 Å². The molecule has 0 saturated carbocycles. The van der Waals surface area contributed by atoms with Crippen molar-refractivity contribution >= 4 is 11.9 Å². The zero-order chi connectivity index (χ0) is 15.7. The van der Waals surface area contributed by atoms with Gasteiger partial charge in [-0.15, -0.1) is 0 Å². The molecule has 0 spiro atoms. The van der Waals surface area contributed by atoms with Gasteiger partial charge in [0.05, 0.1) is 0 Å². The molecule has 3 N–H and O–H groups in total. The first-order valence-electron chi connectivity index (χ1n) is 6.95. The van der Waals surface area contributed by atoms with Crippen LogP contribution < -0.4 is 5.73 Å². The van der Waals surface area contributed by atoms with E-state index in [0.717, 1.165) is 10.6 Å². The lowest BCUT2D eigenvalue weighted by molar-refractivity contribution is -0.210. The summed E-state index contributed by atoms with van der Waals surface area (Å²) in [4.78, 5) is 28.4. The van der Waals surface area contributed by atoms with E-state index in [1.807, 2.05) is 30.3 Å². The number of hydrogen-bond acceptors (Lipinski definition) is 4. The predicted octanol–water partition coefficient (Wildman–Crippen LogP) is 1.55. The number of carboxylic acids is 1. The first-order chi connectivity index (χ1) is 10.1. The van der Waals surface area contributed by atoms with Gasteiger partial charge in [-0.2, -0.15) is 0 Å². The fourth-order valence-electron chi connectivity index (χ4n) is 1.94. The molecule has 0 aliphatic heterocycles. The molecule has 1 aromatic carbocycles. The highest BCUT2D eigenvalue weighted by Crippen LogP contribution is 2.13. The molecule has 0 aliphatic carbocycles. The summed E-state index contributed by atoms with van der Waals surface area (Å²) < 4.78 is 0. The summed E-state index contributed by atoms with van der Waals surface area (Å²) in [5.41, 5.74) is 6.27. The Morgan fingerprint density at radius 3 is 2.48 bits per heavy atom. The zero-order valence-corrected chi connectivity index (χ0v) is 12.2. The first-order valence-corrected chi connectivity index (χ1v) is 6.95. The van der Waals surface area contributed by atoms with Gasteiger partial charge < -0.3 is 10.8 Å². The van der Waals surface area contributed by atoms with Crippen LogP contribution in [0.5, 0.6) is 0 Å². The Morgan fingerprint density at radius 1 is 1.29 bits per heavy atom. The highest BCUT2D eigenvalue weighted by atomic mass is 16.7. The van der Waals surface area contributed by atoms with E-state index in [2.05, 4.69) is 0 Å². The van der Waals surface area contributed by atoms with Crippen molar-refractivity contribution in [3.63, 3.8) is 0 Å². The molecule has 116 valence electrons. The Morgan fingerprint density at radius 2 is 1.95 bits per heavy atom. The van der Waals surface area contributed by atoms with Crippen LogP contribution in [0.1, 0.15) is 31.7 Å². The van der Waals surface area contributed by atoms with Crippen LogP contribution in [-0.2, 0) is 21.0 Å². The average molecular weight is 294 g/mol. The molecule has 1 aromatic rings. The number of hydroxylamine groups is 2. The van der Waals surface area contributed by atoms with Gasteiger partial charge in [0.1, 0.15) is 6.61 Å². The van der Waals surface area contributed by atoms with Crippen molar-refractivity contribution in [3.05, 3.63) is 35.9 Å². The number of amides is 1. The van der Waals surface area contributed by atoms with Gasteiger partial charge in [0.25, 0.3) is 0 Å². The third-order valence-electron chi connectivity index (χ3n) is 3.02. The van der Waals surface area contributed by atoms with Crippen LogP contribution in [0.15, 0.2) is 30.3 Å². The van der Waals surface area contributed by atoms with Crippen molar-refractivity contribution in [2.75, 3.05) is 6.54 Å². The number of nitrogens with zero attached hydrogens (tertiary/aromatic N) is 1. The Bertz CT molecular complexity index is 450. The summed E-state index contributed by atoms with van der Waals surface area (Å²) in [5.74, 6) is -1.50. The number of carbonyl (C=O) groups excluding carboxylic acids is 1. The highest BCUT2D eigenvalue weighted by molar-refractivity contribution is 5.81. The summed E-state index contributed by atoms with van der Waals surface area (Å²) in [6, 6.07) is 8.29. The lowest BCUT2D eigenvalue weighted by Crippen LogP contribution is -2.44. The minimum absolute atomic E-state index is 0.154. The Balaban J connectivity index is 2.68. The van der Waals surface area contributed by atoms with E-state index < -0.39 is 17.9 Å². The van der Waals surface area contributed by atoms with Gasteiger partial charge in [-0.3, -0.25) is 9.63 Å². The topological polar surface area (TPSA) is 92.9 Å². The van der Waals surface area contributed by atoms with Gasteiger partial charge >= 0.3 is 5.97 Å².